The lowest BCUT2D eigenvalue weighted by Crippen LogP contribution is -2.32. The summed E-state index contributed by atoms with van der Waals surface area (Å²) >= 11 is 1.61. The SMILES string of the molecule is Cc1csc(=Nc2ccccc2F)n1C1CCCC(C)C1C. The zero-order valence-corrected chi connectivity index (χ0v) is 14.2. The van der Waals surface area contributed by atoms with Gasteiger partial charge < -0.3 is 4.57 Å². The van der Waals surface area contributed by atoms with Gasteiger partial charge in [-0.1, -0.05) is 38.8 Å². The number of hydrogen-bond donors (Lipinski definition) is 0. The van der Waals surface area contributed by atoms with Crippen molar-refractivity contribution in [2.45, 2.75) is 46.1 Å². The van der Waals surface area contributed by atoms with Crippen LogP contribution in [0.15, 0.2) is 34.6 Å². The summed E-state index contributed by atoms with van der Waals surface area (Å²) < 4.78 is 16.2. The van der Waals surface area contributed by atoms with Gasteiger partial charge in [-0.2, -0.15) is 0 Å². The highest BCUT2D eigenvalue weighted by Crippen LogP contribution is 2.37. The van der Waals surface area contributed by atoms with E-state index < -0.39 is 0 Å². The molecule has 1 aromatic heterocycles. The Morgan fingerprint density at radius 3 is 2.77 bits per heavy atom. The van der Waals surface area contributed by atoms with E-state index in [2.05, 4.69) is 35.7 Å². The first-order valence-corrected chi connectivity index (χ1v) is 8.91. The summed E-state index contributed by atoms with van der Waals surface area (Å²) in [6.45, 7) is 6.81. The van der Waals surface area contributed by atoms with E-state index in [9.17, 15) is 4.39 Å². The van der Waals surface area contributed by atoms with Crippen LogP contribution in [0.5, 0.6) is 0 Å². The zero-order valence-electron chi connectivity index (χ0n) is 13.4. The smallest absolute Gasteiger partial charge is 0.190 e. The van der Waals surface area contributed by atoms with Crippen LogP contribution in [0.1, 0.15) is 44.8 Å². The summed E-state index contributed by atoms with van der Waals surface area (Å²) in [5.41, 5.74) is 1.65. The van der Waals surface area contributed by atoms with Gasteiger partial charge in [0, 0.05) is 17.1 Å². The van der Waals surface area contributed by atoms with Crippen LogP contribution in [-0.2, 0) is 0 Å². The first-order valence-electron chi connectivity index (χ1n) is 8.04. The zero-order chi connectivity index (χ0) is 15.7. The molecule has 1 fully saturated rings. The molecule has 0 N–H and O–H groups in total. The normalized spacial score (nSPS) is 26.4. The second-order valence-corrected chi connectivity index (χ2v) is 7.26. The first-order chi connectivity index (χ1) is 10.6. The van der Waals surface area contributed by atoms with Gasteiger partial charge in [-0.3, -0.25) is 0 Å². The number of aryl methyl sites for hydroxylation is 1. The lowest BCUT2D eigenvalue weighted by Gasteiger charge is -2.35. The van der Waals surface area contributed by atoms with Crippen LogP contribution in [0.2, 0.25) is 0 Å². The van der Waals surface area contributed by atoms with Gasteiger partial charge in [-0.15, -0.1) is 11.3 Å². The maximum absolute atomic E-state index is 13.9. The van der Waals surface area contributed by atoms with Gasteiger partial charge in [-0.05, 0) is 37.3 Å². The third-order valence-corrected chi connectivity index (χ3v) is 5.94. The van der Waals surface area contributed by atoms with Crippen molar-refractivity contribution in [3.05, 3.63) is 46.0 Å². The molecule has 3 unspecified atom stereocenters. The highest BCUT2D eigenvalue weighted by atomic mass is 32.1. The first kappa shape index (κ1) is 15.5. The molecule has 1 aliphatic carbocycles. The summed E-state index contributed by atoms with van der Waals surface area (Å²) in [5, 5.41) is 2.13. The molecular formula is C18H23FN2S. The van der Waals surface area contributed by atoms with E-state index in [1.54, 1.807) is 23.5 Å². The molecule has 1 heterocycles. The van der Waals surface area contributed by atoms with Crippen LogP contribution in [0.4, 0.5) is 10.1 Å². The number of benzene rings is 1. The van der Waals surface area contributed by atoms with Crippen LogP contribution in [-0.4, -0.2) is 4.57 Å². The number of rotatable bonds is 2. The maximum Gasteiger partial charge on any atom is 0.190 e. The Kier molecular flexibility index (Phi) is 4.48. The topological polar surface area (TPSA) is 17.3 Å². The molecule has 1 saturated carbocycles. The number of nitrogens with zero attached hydrogens (tertiary/aromatic N) is 2. The standard InChI is InChI=1S/C18H23FN2S/c1-12-7-6-10-17(14(12)3)21-13(2)11-22-18(21)20-16-9-5-4-8-15(16)19/h4-5,8-9,11-12,14,17H,6-7,10H2,1-3H3. The molecule has 118 valence electrons. The predicted molar refractivity (Wildman–Crippen MR) is 89.9 cm³/mol. The van der Waals surface area contributed by atoms with Crippen molar-refractivity contribution in [1.82, 2.24) is 4.57 Å². The summed E-state index contributed by atoms with van der Waals surface area (Å²) in [6, 6.07) is 7.21. The van der Waals surface area contributed by atoms with E-state index in [1.807, 2.05) is 6.07 Å². The van der Waals surface area contributed by atoms with Crippen molar-refractivity contribution in [3.8, 4) is 0 Å². The molecule has 2 aromatic rings. The van der Waals surface area contributed by atoms with Crippen molar-refractivity contribution >= 4 is 17.0 Å². The second kappa shape index (κ2) is 6.37. The Balaban J connectivity index is 2.07. The fourth-order valence-electron chi connectivity index (χ4n) is 3.45. The Labute approximate surface area is 135 Å². The van der Waals surface area contributed by atoms with Crippen LogP contribution >= 0.6 is 11.3 Å². The molecule has 1 aromatic carbocycles. The van der Waals surface area contributed by atoms with Crippen molar-refractivity contribution in [3.63, 3.8) is 0 Å². The molecule has 22 heavy (non-hydrogen) atoms. The molecule has 0 bridgehead atoms. The summed E-state index contributed by atoms with van der Waals surface area (Å²) in [7, 11) is 0. The minimum Gasteiger partial charge on any atom is -0.318 e. The highest BCUT2D eigenvalue weighted by molar-refractivity contribution is 7.07. The Morgan fingerprint density at radius 1 is 1.23 bits per heavy atom. The minimum absolute atomic E-state index is 0.259. The maximum atomic E-state index is 13.9. The summed E-state index contributed by atoms with van der Waals surface area (Å²) in [5.74, 6) is 1.10. The summed E-state index contributed by atoms with van der Waals surface area (Å²) in [6.07, 6.45) is 3.76. The van der Waals surface area contributed by atoms with Gasteiger partial charge in [0.05, 0.1) is 0 Å². The molecule has 0 saturated heterocycles. The van der Waals surface area contributed by atoms with Gasteiger partial charge in [-0.25, -0.2) is 9.38 Å². The molecule has 3 rings (SSSR count). The molecule has 0 spiro atoms. The lowest BCUT2D eigenvalue weighted by atomic mass is 9.78. The van der Waals surface area contributed by atoms with E-state index in [-0.39, 0.29) is 5.82 Å². The van der Waals surface area contributed by atoms with Crippen molar-refractivity contribution in [1.29, 1.82) is 0 Å². The second-order valence-electron chi connectivity index (χ2n) is 6.43. The van der Waals surface area contributed by atoms with Crippen molar-refractivity contribution < 1.29 is 4.39 Å². The van der Waals surface area contributed by atoms with Crippen LogP contribution in [0, 0.1) is 24.6 Å². The Bertz CT molecular complexity index is 716. The van der Waals surface area contributed by atoms with Gasteiger partial charge in [0.2, 0.25) is 0 Å². The Hall–Kier alpha value is -1.42. The molecule has 4 heteroatoms. The Morgan fingerprint density at radius 2 is 2.00 bits per heavy atom. The van der Waals surface area contributed by atoms with Crippen LogP contribution in [0.25, 0.3) is 0 Å². The van der Waals surface area contributed by atoms with Crippen LogP contribution in [0.3, 0.4) is 0 Å². The highest BCUT2D eigenvalue weighted by Gasteiger charge is 2.29. The van der Waals surface area contributed by atoms with Gasteiger partial charge >= 0.3 is 0 Å². The molecule has 2 nitrogen and oxygen atoms in total. The number of thiazole rings is 1. The predicted octanol–water partition coefficient (Wildman–Crippen LogP) is 5.23. The van der Waals surface area contributed by atoms with Crippen molar-refractivity contribution in [2.75, 3.05) is 0 Å². The van der Waals surface area contributed by atoms with E-state index in [0.29, 0.717) is 17.6 Å². The average Bonchev–Trinajstić information content (AvgIpc) is 2.85. The molecular weight excluding hydrogens is 295 g/mol. The van der Waals surface area contributed by atoms with E-state index >= 15 is 0 Å². The van der Waals surface area contributed by atoms with Gasteiger partial charge in [0.25, 0.3) is 0 Å². The van der Waals surface area contributed by atoms with Crippen LogP contribution < -0.4 is 4.80 Å². The quantitative estimate of drug-likeness (QED) is 0.722. The number of para-hydroxylation sites is 1. The number of hydrogen-bond acceptors (Lipinski definition) is 2. The largest absolute Gasteiger partial charge is 0.318 e. The van der Waals surface area contributed by atoms with E-state index in [4.69, 9.17) is 0 Å². The van der Waals surface area contributed by atoms with Gasteiger partial charge in [0.15, 0.2) is 4.80 Å². The lowest BCUT2D eigenvalue weighted by molar-refractivity contribution is 0.182. The molecule has 1 aliphatic rings. The molecule has 0 aliphatic heterocycles. The third-order valence-electron chi connectivity index (χ3n) is 4.99. The van der Waals surface area contributed by atoms with E-state index in [1.165, 1.54) is 31.0 Å². The number of halogens is 1. The molecule has 0 radical (unpaired) electrons. The molecule has 3 atom stereocenters. The van der Waals surface area contributed by atoms with E-state index in [0.717, 1.165) is 10.7 Å². The fraction of sp³-hybridized carbons (Fsp3) is 0.500. The monoisotopic (exact) mass is 318 g/mol. The van der Waals surface area contributed by atoms with Gasteiger partial charge in [0.1, 0.15) is 11.5 Å². The fourth-order valence-corrected chi connectivity index (χ4v) is 4.38. The average molecular weight is 318 g/mol. The minimum atomic E-state index is -0.259. The summed E-state index contributed by atoms with van der Waals surface area (Å²) in [4.78, 5) is 5.51. The molecule has 0 amide bonds. The number of aromatic nitrogens is 1. The van der Waals surface area contributed by atoms with Crippen molar-refractivity contribution in [2.24, 2.45) is 16.8 Å². The third kappa shape index (κ3) is 2.89.